The first-order valence-corrected chi connectivity index (χ1v) is 3.51. The second kappa shape index (κ2) is 5.93. The van der Waals surface area contributed by atoms with Crippen molar-refractivity contribution >= 4 is 5.97 Å². The van der Waals surface area contributed by atoms with Crippen molar-refractivity contribution in [3.63, 3.8) is 0 Å². The van der Waals surface area contributed by atoms with Gasteiger partial charge in [0.2, 0.25) is 0 Å². The molecule has 0 aromatic heterocycles. The van der Waals surface area contributed by atoms with E-state index in [1.165, 1.54) is 0 Å². The lowest BCUT2D eigenvalue weighted by Crippen LogP contribution is -2.49. The van der Waals surface area contributed by atoms with E-state index in [1.807, 2.05) is 0 Å². The Morgan fingerprint density at radius 3 is 1.92 bits per heavy atom. The topological polar surface area (TPSA) is 104 Å². The zero-order valence-corrected chi connectivity index (χ0v) is 7.61. The molecule has 0 radical (unpaired) electrons. The van der Waals surface area contributed by atoms with Crippen molar-refractivity contribution in [2.75, 3.05) is 6.61 Å². The van der Waals surface area contributed by atoms with Gasteiger partial charge in [0.25, 0.3) is 5.97 Å². The quantitative estimate of drug-likeness (QED) is 0.443. The van der Waals surface area contributed by atoms with Crippen molar-refractivity contribution in [3.05, 3.63) is 0 Å². The van der Waals surface area contributed by atoms with Gasteiger partial charge in [0.05, 0.1) is 18.2 Å². The van der Waals surface area contributed by atoms with Crippen LogP contribution in [0.15, 0.2) is 0 Å². The van der Waals surface area contributed by atoms with Crippen LogP contribution in [-0.2, 0) is 4.79 Å². The van der Waals surface area contributed by atoms with E-state index in [0.29, 0.717) is 0 Å². The van der Waals surface area contributed by atoms with E-state index in [4.69, 9.17) is 25.8 Å². The number of carbonyl (C=O) groups is 1. The highest BCUT2D eigenvalue weighted by atomic mass is 16.4. The van der Waals surface area contributed by atoms with Crippen molar-refractivity contribution in [3.8, 4) is 0 Å². The first-order valence-electron chi connectivity index (χ1n) is 3.51. The number of rotatable bonds is 2. The molecule has 5 nitrogen and oxygen atoms in total. The van der Waals surface area contributed by atoms with Gasteiger partial charge in [-0.2, -0.15) is 0 Å². The predicted molar refractivity (Wildman–Crippen MR) is 44.7 cm³/mol. The predicted octanol–water partition coefficient (Wildman–Crippen LogP) is -0.832. The molecule has 0 aromatic rings. The average molecular weight is 179 g/mol. The Labute approximate surface area is 71.8 Å². The van der Waals surface area contributed by atoms with Gasteiger partial charge in [-0.1, -0.05) is 0 Å². The van der Waals surface area contributed by atoms with E-state index in [1.54, 1.807) is 13.8 Å². The van der Waals surface area contributed by atoms with Gasteiger partial charge in [0, 0.05) is 6.92 Å². The minimum atomic E-state index is -0.847. The fourth-order valence-corrected chi connectivity index (χ4v) is 0.132. The maximum absolute atomic E-state index is 9.00. The highest BCUT2D eigenvalue weighted by Gasteiger charge is 2.22. The molecule has 5 heteroatoms. The molecule has 0 saturated carbocycles. The lowest BCUT2D eigenvalue weighted by atomic mass is 9.99. The van der Waals surface area contributed by atoms with Gasteiger partial charge >= 0.3 is 0 Å². The molecular formula is C7H17NO4. The third-order valence-corrected chi connectivity index (χ3v) is 1.30. The SMILES string of the molecule is CC(=O)O.C[C@H](O)[C@](C)(N)CO. The fourth-order valence-electron chi connectivity index (χ4n) is 0.132. The number of hydrogen-bond acceptors (Lipinski definition) is 4. The van der Waals surface area contributed by atoms with Crippen LogP contribution in [-0.4, -0.2) is 39.5 Å². The van der Waals surface area contributed by atoms with E-state index in [0.717, 1.165) is 6.92 Å². The molecule has 0 aromatic carbocycles. The molecule has 0 saturated heterocycles. The Bertz CT molecular complexity index is 129. The standard InChI is InChI=1S/C5H13NO2.C2H4O2/c1-4(8)5(2,6)3-7;1-2(3)4/h4,7-8H,3,6H2,1-2H3;1H3,(H,3,4)/t4-,5+;/m0./s1. The van der Waals surface area contributed by atoms with Crippen LogP contribution in [0.4, 0.5) is 0 Å². The Morgan fingerprint density at radius 1 is 1.67 bits per heavy atom. The third kappa shape index (κ3) is 9.35. The number of nitrogens with two attached hydrogens (primary N) is 1. The normalized spacial score (nSPS) is 16.8. The molecule has 0 aliphatic heterocycles. The van der Waals surface area contributed by atoms with Crippen molar-refractivity contribution in [1.29, 1.82) is 0 Å². The number of hydrogen-bond donors (Lipinski definition) is 4. The summed E-state index contributed by atoms with van der Waals surface area (Å²) in [6.07, 6.45) is -0.660. The lowest BCUT2D eigenvalue weighted by Gasteiger charge is -2.24. The third-order valence-electron chi connectivity index (χ3n) is 1.30. The highest BCUT2D eigenvalue weighted by Crippen LogP contribution is 2.02. The van der Waals surface area contributed by atoms with Crippen LogP contribution < -0.4 is 5.73 Å². The first-order chi connectivity index (χ1) is 5.24. The summed E-state index contributed by atoms with van der Waals surface area (Å²) in [6.45, 7) is 4.04. The van der Waals surface area contributed by atoms with Gasteiger partial charge in [0.15, 0.2) is 0 Å². The van der Waals surface area contributed by atoms with Crippen molar-refractivity contribution in [2.24, 2.45) is 5.73 Å². The molecular weight excluding hydrogens is 162 g/mol. The molecule has 5 N–H and O–H groups in total. The minimum Gasteiger partial charge on any atom is -0.481 e. The molecule has 0 heterocycles. The summed E-state index contributed by atoms with van der Waals surface area (Å²) in [4.78, 5) is 9.00. The molecule has 2 atom stereocenters. The average Bonchev–Trinajstić information content (AvgIpc) is 1.86. The van der Waals surface area contributed by atoms with Crippen LogP contribution in [0.2, 0.25) is 0 Å². The lowest BCUT2D eigenvalue weighted by molar-refractivity contribution is -0.134. The maximum atomic E-state index is 9.00. The molecule has 0 aliphatic carbocycles. The smallest absolute Gasteiger partial charge is 0.300 e. The second-order valence-corrected chi connectivity index (χ2v) is 2.86. The molecule has 74 valence electrons. The summed E-state index contributed by atoms with van der Waals surface area (Å²) in [5.41, 5.74) is 4.51. The highest BCUT2D eigenvalue weighted by molar-refractivity contribution is 5.62. The van der Waals surface area contributed by atoms with Gasteiger partial charge in [-0.25, -0.2) is 0 Å². The van der Waals surface area contributed by atoms with Crippen molar-refractivity contribution in [2.45, 2.75) is 32.4 Å². The van der Waals surface area contributed by atoms with Gasteiger partial charge < -0.3 is 21.1 Å². The number of aliphatic carboxylic acids is 1. The molecule has 0 fully saturated rings. The van der Waals surface area contributed by atoms with Gasteiger partial charge in [0.1, 0.15) is 0 Å². The van der Waals surface area contributed by atoms with Gasteiger partial charge in [-0.3, -0.25) is 4.79 Å². The van der Waals surface area contributed by atoms with E-state index in [9.17, 15) is 0 Å². The van der Waals surface area contributed by atoms with Crippen LogP contribution >= 0.6 is 0 Å². The van der Waals surface area contributed by atoms with E-state index in [-0.39, 0.29) is 6.61 Å². The second-order valence-electron chi connectivity index (χ2n) is 2.86. The van der Waals surface area contributed by atoms with Gasteiger partial charge in [-0.15, -0.1) is 0 Å². The molecule has 0 rings (SSSR count). The van der Waals surface area contributed by atoms with E-state index < -0.39 is 17.6 Å². The van der Waals surface area contributed by atoms with Crippen LogP contribution in [0.1, 0.15) is 20.8 Å². The Kier molecular flexibility index (Phi) is 6.88. The fraction of sp³-hybridized carbons (Fsp3) is 0.857. The molecule has 0 unspecified atom stereocenters. The van der Waals surface area contributed by atoms with Crippen LogP contribution in [0, 0.1) is 0 Å². The maximum Gasteiger partial charge on any atom is 0.300 e. The zero-order chi connectivity index (χ0) is 10.4. The summed E-state index contributed by atoms with van der Waals surface area (Å²) in [5.74, 6) is -0.833. The summed E-state index contributed by atoms with van der Waals surface area (Å²) < 4.78 is 0. The molecule has 0 aliphatic rings. The van der Waals surface area contributed by atoms with Crippen LogP contribution in [0.25, 0.3) is 0 Å². The molecule has 0 bridgehead atoms. The van der Waals surface area contributed by atoms with Crippen molar-refractivity contribution in [1.82, 2.24) is 0 Å². The van der Waals surface area contributed by atoms with Crippen molar-refractivity contribution < 1.29 is 20.1 Å². The van der Waals surface area contributed by atoms with Crippen LogP contribution in [0.3, 0.4) is 0 Å². The Morgan fingerprint density at radius 2 is 1.92 bits per heavy atom. The van der Waals surface area contributed by atoms with E-state index >= 15 is 0 Å². The summed E-state index contributed by atoms with van der Waals surface area (Å²) in [5, 5.41) is 24.7. The Hall–Kier alpha value is -0.650. The van der Waals surface area contributed by atoms with Crippen LogP contribution in [0.5, 0.6) is 0 Å². The summed E-state index contributed by atoms with van der Waals surface area (Å²) in [7, 11) is 0. The largest absolute Gasteiger partial charge is 0.481 e. The number of carboxylic acids is 1. The monoisotopic (exact) mass is 179 g/mol. The Balaban J connectivity index is 0. The summed E-state index contributed by atoms with van der Waals surface area (Å²) >= 11 is 0. The first kappa shape index (κ1) is 13.9. The number of aliphatic hydroxyl groups excluding tert-OH is 2. The molecule has 12 heavy (non-hydrogen) atoms. The molecule has 0 spiro atoms. The number of carboxylic acid groups (broad SMARTS) is 1. The number of aliphatic hydroxyl groups is 2. The van der Waals surface area contributed by atoms with E-state index in [2.05, 4.69) is 0 Å². The molecule has 0 amide bonds. The van der Waals surface area contributed by atoms with Gasteiger partial charge in [-0.05, 0) is 13.8 Å². The minimum absolute atomic E-state index is 0.190. The summed E-state index contributed by atoms with van der Waals surface area (Å²) in [6, 6.07) is 0. The zero-order valence-electron chi connectivity index (χ0n) is 7.61.